The highest BCUT2D eigenvalue weighted by Gasteiger charge is 2.39. The summed E-state index contributed by atoms with van der Waals surface area (Å²) in [6, 6.07) is 4.13. The molecule has 0 radical (unpaired) electrons. The maximum Gasteiger partial charge on any atom is 0.0627 e. The van der Waals surface area contributed by atoms with Crippen molar-refractivity contribution in [2.24, 2.45) is 0 Å². The van der Waals surface area contributed by atoms with E-state index in [9.17, 15) is 0 Å². The van der Waals surface area contributed by atoms with Crippen LogP contribution in [0.5, 0.6) is 0 Å². The first kappa shape index (κ1) is 11.2. The molecule has 0 unspecified atom stereocenters. The highest BCUT2D eigenvalue weighted by atomic mass is 35.5. The summed E-state index contributed by atoms with van der Waals surface area (Å²) in [6.45, 7) is 3.22. The number of nitrogens with zero attached hydrogens (tertiary/aromatic N) is 1. The number of hydrogen-bond acceptors (Lipinski definition) is 2. The van der Waals surface area contributed by atoms with Crippen LogP contribution in [0.4, 0.5) is 11.4 Å². The molecule has 1 aliphatic carbocycles. The smallest absolute Gasteiger partial charge is 0.0627 e. The van der Waals surface area contributed by atoms with Gasteiger partial charge in [0.2, 0.25) is 0 Å². The molecule has 1 aliphatic heterocycles. The number of rotatable bonds is 0. The van der Waals surface area contributed by atoms with E-state index < -0.39 is 0 Å². The predicted octanol–water partition coefficient (Wildman–Crippen LogP) is 3.82. The van der Waals surface area contributed by atoms with Crippen molar-refractivity contribution in [1.29, 1.82) is 0 Å². The zero-order chi connectivity index (χ0) is 12.0. The molecule has 1 aromatic carbocycles. The standard InChI is InChI=1S/C14H19ClN2/c1-10-11(15)5-6-12-13(10)16-14(9-17(12)2)7-3-4-8-14/h5-6,16H,3-4,7-9H2,1-2H3. The van der Waals surface area contributed by atoms with E-state index in [-0.39, 0.29) is 5.54 Å². The summed E-state index contributed by atoms with van der Waals surface area (Å²) in [5, 5.41) is 4.65. The number of likely N-dealkylation sites (N-methyl/N-ethyl adjacent to an activating group) is 1. The SMILES string of the molecule is Cc1c(Cl)ccc2c1NC1(CCCC1)CN2C. The molecule has 1 heterocycles. The van der Waals surface area contributed by atoms with Crippen molar-refractivity contribution >= 4 is 23.0 Å². The molecule has 0 atom stereocenters. The lowest BCUT2D eigenvalue weighted by atomic mass is 9.92. The van der Waals surface area contributed by atoms with E-state index in [1.165, 1.54) is 42.6 Å². The largest absolute Gasteiger partial charge is 0.376 e. The first-order chi connectivity index (χ1) is 8.11. The number of fused-ring (bicyclic) bond motifs is 1. The van der Waals surface area contributed by atoms with Gasteiger partial charge in [-0.2, -0.15) is 0 Å². The second kappa shape index (κ2) is 3.81. The van der Waals surface area contributed by atoms with Crippen molar-refractivity contribution in [2.75, 3.05) is 23.8 Å². The normalized spacial score (nSPS) is 21.5. The van der Waals surface area contributed by atoms with Gasteiger partial charge in [0.15, 0.2) is 0 Å². The van der Waals surface area contributed by atoms with Crippen LogP contribution in [0.3, 0.4) is 0 Å². The molecule has 2 nitrogen and oxygen atoms in total. The van der Waals surface area contributed by atoms with Crippen molar-refractivity contribution in [2.45, 2.75) is 38.1 Å². The number of benzene rings is 1. The molecule has 1 fully saturated rings. The summed E-state index contributed by atoms with van der Waals surface area (Å²) in [6.07, 6.45) is 5.25. The zero-order valence-electron chi connectivity index (χ0n) is 10.5. The minimum absolute atomic E-state index is 0.289. The molecule has 0 saturated heterocycles. The fourth-order valence-corrected chi connectivity index (χ4v) is 3.48. The minimum atomic E-state index is 0.289. The Bertz CT molecular complexity index is 450. The average molecular weight is 251 g/mol. The fraction of sp³-hybridized carbons (Fsp3) is 0.571. The van der Waals surface area contributed by atoms with Crippen LogP contribution in [-0.4, -0.2) is 19.1 Å². The molecule has 1 aromatic rings. The molecule has 0 aromatic heterocycles. The number of hydrogen-bond donors (Lipinski definition) is 1. The molecule has 17 heavy (non-hydrogen) atoms. The second-order valence-corrected chi connectivity index (χ2v) is 5.94. The lowest BCUT2D eigenvalue weighted by Gasteiger charge is -2.43. The monoisotopic (exact) mass is 250 g/mol. The Hall–Kier alpha value is -0.890. The van der Waals surface area contributed by atoms with Gasteiger partial charge in [-0.05, 0) is 37.5 Å². The number of anilines is 2. The minimum Gasteiger partial charge on any atom is -0.376 e. The van der Waals surface area contributed by atoms with Gasteiger partial charge in [0, 0.05) is 18.6 Å². The molecule has 0 amide bonds. The van der Waals surface area contributed by atoms with Crippen molar-refractivity contribution in [1.82, 2.24) is 0 Å². The Kier molecular flexibility index (Phi) is 2.51. The summed E-state index contributed by atoms with van der Waals surface area (Å²) in [5.74, 6) is 0. The Morgan fingerprint density at radius 1 is 1.29 bits per heavy atom. The van der Waals surface area contributed by atoms with Crippen LogP contribution in [0.1, 0.15) is 31.2 Å². The maximum atomic E-state index is 6.23. The van der Waals surface area contributed by atoms with Crippen molar-refractivity contribution < 1.29 is 0 Å². The zero-order valence-corrected chi connectivity index (χ0v) is 11.3. The van der Waals surface area contributed by atoms with Crippen LogP contribution in [0, 0.1) is 6.92 Å². The molecule has 2 aliphatic rings. The third kappa shape index (κ3) is 1.70. The number of nitrogens with one attached hydrogen (secondary N) is 1. The Balaban J connectivity index is 2.07. The van der Waals surface area contributed by atoms with Crippen LogP contribution in [-0.2, 0) is 0 Å². The van der Waals surface area contributed by atoms with Crippen LogP contribution >= 0.6 is 11.6 Å². The highest BCUT2D eigenvalue weighted by molar-refractivity contribution is 6.32. The van der Waals surface area contributed by atoms with E-state index >= 15 is 0 Å². The lowest BCUT2D eigenvalue weighted by molar-refractivity contribution is 0.472. The van der Waals surface area contributed by atoms with Crippen molar-refractivity contribution in [3.63, 3.8) is 0 Å². The van der Waals surface area contributed by atoms with Gasteiger partial charge in [-0.1, -0.05) is 24.4 Å². The molecule has 0 bridgehead atoms. The van der Waals surface area contributed by atoms with E-state index in [0.717, 1.165) is 11.6 Å². The van der Waals surface area contributed by atoms with E-state index in [2.05, 4.69) is 30.3 Å². The number of halogens is 1. The average Bonchev–Trinajstić information content (AvgIpc) is 2.72. The van der Waals surface area contributed by atoms with Crippen LogP contribution in [0.25, 0.3) is 0 Å². The molecule has 3 heteroatoms. The lowest BCUT2D eigenvalue weighted by Crippen LogP contribution is -2.49. The van der Waals surface area contributed by atoms with Gasteiger partial charge in [-0.25, -0.2) is 0 Å². The quantitative estimate of drug-likeness (QED) is 0.753. The van der Waals surface area contributed by atoms with Gasteiger partial charge in [0.25, 0.3) is 0 Å². The summed E-state index contributed by atoms with van der Waals surface area (Å²) in [7, 11) is 2.19. The van der Waals surface area contributed by atoms with Gasteiger partial charge >= 0.3 is 0 Å². The Morgan fingerprint density at radius 3 is 2.71 bits per heavy atom. The molecule has 1 saturated carbocycles. The molecule has 3 rings (SSSR count). The third-order valence-electron chi connectivity index (χ3n) is 4.28. The van der Waals surface area contributed by atoms with Crippen LogP contribution in [0.2, 0.25) is 5.02 Å². The first-order valence-electron chi connectivity index (χ1n) is 6.40. The predicted molar refractivity (Wildman–Crippen MR) is 74.3 cm³/mol. The maximum absolute atomic E-state index is 6.23. The molecular weight excluding hydrogens is 232 g/mol. The van der Waals surface area contributed by atoms with E-state index in [1.807, 2.05) is 6.07 Å². The molecule has 1 spiro atoms. The second-order valence-electron chi connectivity index (χ2n) is 5.54. The van der Waals surface area contributed by atoms with Gasteiger partial charge in [-0.3, -0.25) is 0 Å². The van der Waals surface area contributed by atoms with Gasteiger partial charge in [0.05, 0.1) is 16.9 Å². The fourth-order valence-electron chi connectivity index (χ4n) is 3.33. The van der Waals surface area contributed by atoms with Gasteiger partial charge in [-0.15, -0.1) is 0 Å². The molecular formula is C14H19ClN2. The first-order valence-corrected chi connectivity index (χ1v) is 6.78. The highest BCUT2D eigenvalue weighted by Crippen LogP contribution is 2.44. The van der Waals surface area contributed by atoms with E-state index in [0.29, 0.717) is 0 Å². The van der Waals surface area contributed by atoms with Gasteiger partial charge in [0.1, 0.15) is 0 Å². The van der Waals surface area contributed by atoms with Crippen molar-refractivity contribution in [3.8, 4) is 0 Å². The van der Waals surface area contributed by atoms with Crippen LogP contribution < -0.4 is 10.2 Å². The van der Waals surface area contributed by atoms with Crippen molar-refractivity contribution in [3.05, 3.63) is 22.7 Å². The third-order valence-corrected chi connectivity index (χ3v) is 4.69. The van der Waals surface area contributed by atoms with E-state index in [4.69, 9.17) is 11.6 Å². The Labute approximate surface area is 108 Å². The Morgan fingerprint density at radius 2 is 2.00 bits per heavy atom. The topological polar surface area (TPSA) is 15.3 Å². The van der Waals surface area contributed by atoms with Crippen LogP contribution in [0.15, 0.2) is 12.1 Å². The summed E-state index contributed by atoms with van der Waals surface area (Å²) in [4.78, 5) is 2.38. The molecule has 92 valence electrons. The molecule has 1 N–H and O–H groups in total. The summed E-state index contributed by atoms with van der Waals surface area (Å²) < 4.78 is 0. The summed E-state index contributed by atoms with van der Waals surface area (Å²) >= 11 is 6.23. The van der Waals surface area contributed by atoms with E-state index in [1.54, 1.807) is 0 Å². The van der Waals surface area contributed by atoms with Gasteiger partial charge < -0.3 is 10.2 Å². The summed E-state index contributed by atoms with van der Waals surface area (Å²) in [5.41, 5.74) is 4.00.